The van der Waals surface area contributed by atoms with Gasteiger partial charge in [0.05, 0.1) is 5.41 Å². The van der Waals surface area contributed by atoms with Crippen LogP contribution in [0.4, 0.5) is 0 Å². The Morgan fingerprint density at radius 2 is 2.39 bits per heavy atom. The first-order valence-corrected chi connectivity index (χ1v) is 8.42. The van der Waals surface area contributed by atoms with Gasteiger partial charge in [0, 0.05) is 18.3 Å². The van der Waals surface area contributed by atoms with Gasteiger partial charge in [0.1, 0.15) is 0 Å². The van der Waals surface area contributed by atoms with Crippen LogP contribution in [-0.2, 0) is 4.79 Å². The summed E-state index contributed by atoms with van der Waals surface area (Å²) in [4.78, 5) is 12.4. The molecule has 2 fully saturated rings. The van der Waals surface area contributed by atoms with Gasteiger partial charge in [0.25, 0.3) is 0 Å². The molecular formula is C14H26N2OS. The van der Waals surface area contributed by atoms with Crippen LogP contribution in [-0.4, -0.2) is 36.5 Å². The summed E-state index contributed by atoms with van der Waals surface area (Å²) in [6.07, 6.45) is 7.05. The molecule has 0 aliphatic carbocycles. The molecule has 0 saturated carbocycles. The topological polar surface area (TPSA) is 41.1 Å². The van der Waals surface area contributed by atoms with E-state index in [0.717, 1.165) is 38.9 Å². The molecule has 2 heterocycles. The zero-order chi connectivity index (χ0) is 12.8. The second-order valence-electron chi connectivity index (χ2n) is 5.66. The summed E-state index contributed by atoms with van der Waals surface area (Å²) >= 11 is 2.03. The van der Waals surface area contributed by atoms with Gasteiger partial charge in [0.15, 0.2) is 0 Å². The second-order valence-corrected chi connectivity index (χ2v) is 7.06. The Bertz CT molecular complexity index is 271. The van der Waals surface area contributed by atoms with Crippen LogP contribution in [0, 0.1) is 5.41 Å². The quantitative estimate of drug-likeness (QED) is 0.804. The Morgan fingerprint density at radius 3 is 3.00 bits per heavy atom. The molecule has 2 aliphatic rings. The van der Waals surface area contributed by atoms with E-state index in [2.05, 4.69) is 17.6 Å². The third-order valence-corrected chi connectivity index (χ3v) is 5.62. The van der Waals surface area contributed by atoms with Crippen LogP contribution in [0.15, 0.2) is 0 Å². The fourth-order valence-electron chi connectivity index (χ4n) is 3.11. The molecule has 104 valence electrons. The molecule has 2 unspecified atom stereocenters. The van der Waals surface area contributed by atoms with Crippen molar-refractivity contribution in [3.05, 3.63) is 0 Å². The minimum Gasteiger partial charge on any atom is -0.354 e. The number of thioether (sulfide) groups is 1. The fraction of sp³-hybridized carbons (Fsp3) is 0.929. The van der Waals surface area contributed by atoms with Gasteiger partial charge in [-0.3, -0.25) is 4.79 Å². The van der Waals surface area contributed by atoms with Gasteiger partial charge >= 0.3 is 0 Å². The van der Waals surface area contributed by atoms with Gasteiger partial charge in [-0.05, 0) is 38.0 Å². The molecule has 2 saturated heterocycles. The highest BCUT2D eigenvalue weighted by molar-refractivity contribution is 7.99. The molecular weight excluding hydrogens is 244 g/mol. The number of hydrogen-bond donors (Lipinski definition) is 2. The lowest BCUT2D eigenvalue weighted by molar-refractivity contribution is -0.130. The predicted octanol–water partition coefficient (Wildman–Crippen LogP) is 2.17. The molecule has 2 N–H and O–H groups in total. The average Bonchev–Trinajstić information content (AvgIpc) is 2.87. The summed E-state index contributed by atoms with van der Waals surface area (Å²) in [6.45, 7) is 4.90. The van der Waals surface area contributed by atoms with Gasteiger partial charge in [-0.15, -0.1) is 0 Å². The van der Waals surface area contributed by atoms with Crippen molar-refractivity contribution in [3.8, 4) is 0 Å². The first kappa shape index (κ1) is 14.2. The van der Waals surface area contributed by atoms with Crippen molar-refractivity contribution < 1.29 is 4.79 Å². The number of amides is 1. The number of carbonyl (C=O) groups is 1. The SMILES string of the molecule is CCCC1(C(=O)NCC2CCCCS2)CCNC1. The molecule has 2 aliphatic heterocycles. The van der Waals surface area contributed by atoms with Crippen molar-refractivity contribution in [1.29, 1.82) is 0 Å². The third-order valence-electron chi connectivity index (χ3n) is 4.22. The molecule has 18 heavy (non-hydrogen) atoms. The van der Waals surface area contributed by atoms with E-state index in [9.17, 15) is 4.79 Å². The molecule has 2 rings (SSSR count). The van der Waals surface area contributed by atoms with Crippen molar-refractivity contribution in [1.82, 2.24) is 10.6 Å². The molecule has 0 aromatic carbocycles. The minimum atomic E-state index is -0.117. The van der Waals surface area contributed by atoms with E-state index >= 15 is 0 Å². The Morgan fingerprint density at radius 1 is 1.50 bits per heavy atom. The van der Waals surface area contributed by atoms with Gasteiger partial charge in [-0.2, -0.15) is 11.8 Å². The zero-order valence-electron chi connectivity index (χ0n) is 11.5. The summed E-state index contributed by atoms with van der Waals surface area (Å²) in [7, 11) is 0. The maximum absolute atomic E-state index is 12.4. The zero-order valence-corrected chi connectivity index (χ0v) is 12.3. The van der Waals surface area contributed by atoms with E-state index in [4.69, 9.17) is 0 Å². The summed E-state index contributed by atoms with van der Waals surface area (Å²) < 4.78 is 0. The molecule has 1 amide bonds. The number of carbonyl (C=O) groups excluding carboxylic acids is 1. The summed E-state index contributed by atoms with van der Waals surface area (Å²) in [5, 5.41) is 7.22. The van der Waals surface area contributed by atoms with Crippen molar-refractivity contribution in [3.63, 3.8) is 0 Å². The highest BCUT2D eigenvalue weighted by Gasteiger charge is 2.40. The summed E-state index contributed by atoms with van der Waals surface area (Å²) in [6, 6.07) is 0. The number of hydrogen-bond acceptors (Lipinski definition) is 3. The highest BCUT2D eigenvalue weighted by atomic mass is 32.2. The smallest absolute Gasteiger partial charge is 0.227 e. The van der Waals surface area contributed by atoms with Crippen LogP contribution in [0.3, 0.4) is 0 Å². The monoisotopic (exact) mass is 270 g/mol. The minimum absolute atomic E-state index is 0.117. The normalized spacial score (nSPS) is 32.4. The van der Waals surface area contributed by atoms with E-state index in [-0.39, 0.29) is 5.41 Å². The second kappa shape index (κ2) is 6.80. The van der Waals surface area contributed by atoms with Gasteiger partial charge in [-0.1, -0.05) is 19.8 Å². The van der Waals surface area contributed by atoms with Crippen LogP contribution in [0.5, 0.6) is 0 Å². The Balaban J connectivity index is 1.81. The maximum atomic E-state index is 12.4. The van der Waals surface area contributed by atoms with E-state index < -0.39 is 0 Å². The van der Waals surface area contributed by atoms with Crippen molar-refractivity contribution in [2.75, 3.05) is 25.4 Å². The number of nitrogens with one attached hydrogen (secondary N) is 2. The van der Waals surface area contributed by atoms with Crippen molar-refractivity contribution in [2.45, 2.75) is 50.7 Å². The lowest BCUT2D eigenvalue weighted by Crippen LogP contribution is -2.44. The molecule has 0 aromatic rings. The van der Waals surface area contributed by atoms with E-state index in [1.54, 1.807) is 0 Å². The van der Waals surface area contributed by atoms with Crippen LogP contribution in [0.2, 0.25) is 0 Å². The van der Waals surface area contributed by atoms with Gasteiger partial charge in [0.2, 0.25) is 5.91 Å². The van der Waals surface area contributed by atoms with Crippen molar-refractivity contribution >= 4 is 17.7 Å². The van der Waals surface area contributed by atoms with Gasteiger partial charge < -0.3 is 10.6 Å². The van der Waals surface area contributed by atoms with Crippen LogP contribution < -0.4 is 10.6 Å². The Hall–Kier alpha value is -0.220. The van der Waals surface area contributed by atoms with Crippen molar-refractivity contribution in [2.24, 2.45) is 5.41 Å². The highest BCUT2D eigenvalue weighted by Crippen LogP contribution is 2.31. The lowest BCUT2D eigenvalue weighted by Gasteiger charge is -2.28. The fourth-order valence-corrected chi connectivity index (χ4v) is 4.34. The number of rotatable bonds is 5. The molecule has 0 radical (unpaired) electrons. The van der Waals surface area contributed by atoms with E-state index in [1.807, 2.05) is 11.8 Å². The first-order chi connectivity index (χ1) is 8.77. The molecule has 4 heteroatoms. The molecule has 0 spiro atoms. The van der Waals surface area contributed by atoms with Gasteiger partial charge in [-0.25, -0.2) is 0 Å². The third kappa shape index (κ3) is 3.41. The lowest BCUT2D eigenvalue weighted by atomic mass is 9.81. The predicted molar refractivity (Wildman–Crippen MR) is 77.9 cm³/mol. The maximum Gasteiger partial charge on any atom is 0.227 e. The van der Waals surface area contributed by atoms with Crippen LogP contribution in [0.25, 0.3) is 0 Å². The Kier molecular flexibility index (Phi) is 5.37. The van der Waals surface area contributed by atoms with Crippen LogP contribution in [0.1, 0.15) is 45.4 Å². The molecule has 0 aromatic heterocycles. The molecule has 0 bridgehead atoms. The largest absolute Gasteiger partial charge is 0.354 e. The summed E-state index contributed by atoms with van der Waals surface area (Å²) in [5.41, 5.74) is -0.117. The van der Waals surface area contributed by atoms with E-state index in [0.29, 0.717) is 11.2 Å². The molecule has 2 atom stereocenters. The van der Waals surface area contributed by atoms with Crippen LogP contribution >= 0.6 is 11.8 Å². The first-order valence-electron chi connectivity index (χ1n) is 7.37. The average molecular weight is 270 g/mol. The van der Waals surface area contributed by atoms with E-state index in [1.165, 1.54) is 25.0 Å². The standard InChI is InChI=1S/C14H26N2OS/c1-2-6-14(7-8-15-11-14)13(17)16-10-12-5-3-4-9-18-12/h12,15H,2-11H2,1H3,(H,16,17). The summed E-state index contributed by atoms with van der Waals surface area (Å²) in [5.74, 6) is 1.56. The molecule has 3 nitrogen and oxygen atoms in total. The Labute approximate surface area is 115 Å².